The number of rotatable bonds is 4. The lowest BCUT2D eigenvalue weighted by Crippen LogP contribution is -2.23. The lowest BCUT2D eigenvalue weighted by Gasteiger charge is -2.10. The van der Waals surface area contributed by atoms with E-state index in [-0.39, 0.29) is 12.2 Å². The van der Waals surface area contributed by atoms with Crippen molar-refractivity contribution in [3.63, 3.8) is 0 Å². The predicted octanol–water partition coefficient (Wildman–Crippen LogP) is 1.57. The van der Waals surface area contributed by atoms with E-state index in [1.165, 1.54) is 0 Å². The van der Waals surface area contributed by atoms with E-state index < -0.39 is 0 Å². The number of hydrogen-bond donors (Lipinski definition) is 1. The Bertz CT molecular complexity index is 123. The zero-order chi connectivity index (χ0) is 8.43. The van der Waals surface area contributed by atoms with Gasteiger partial charge in [-0.05, 0) is 12.3 Å². The highest BCUT2D eigenvalue weighted by Gasteiger charge is 2.44. The van der Waals surface area contributed by atoms with Crippen LogP contribution < -0.4 is 0 Å². The molecule has 3 atom stereocenters. The van der Waals surface area contributed by atoms with Crippen molar-refractivity contribution in [3.8, 4) is 0 Å². The zero-order valence-electron chi connectivity index (χ0n) is 7.58. The summed E-state index contributed by atoms with van der Waals surface area (Å²) in [6.45, 7) is 6.19. The number of aliphatic hydroxyl groups is 1. The summed E-state index contributed by atoms with van der Waals surface area (Å²) in [5, 5.41) is 9.54. The lowest BCUT2D eigenvalue weighted by molar-refractivity contribution is 0.0922. The first-order valence-electron chi connectivity index (χ1n) is 4.50. The second kappa shape index (κ2) is 3.55. The van der Waals surface area contributed by atoms with Gasteiger partial charge in [0.25, 0.3) is 0 Å². The van der Waals surface area contributed by atoms with Gasteiger partial charge < -0.3 is 9.84 Å². The van der Waals surface area contributed by atoms with Gasteiger partial charge in [-0.15, -0.1) is 0 Å². The third-order valence-corrected chi connectivity index (χ3v) is 2.21. The van der Waals surface area contributed by atoms with Crippen molar-refractivity contribution in [2.45, 2.75) is 51.9 Å². The van der Waals surface area contributed by atoms with Crippen LogP contribution in [0.4, 0.5) is 0 Å². The maximum atomic E-state index is 9.54. The van der Waals surface area contributed by atoms with Gasteiger partial charge in [-0.25, -0.2) is 0 Å². The smallest absolute Gasteiger partial charge is 0.110 e. The molecule has 2 heteroatoms. The molecule has 0 radical (unpaired) electrons. The van der Waals surface area contributed by atoms with E-state index in [9.17, 15) is 5.11 Å². The molecular weight excluding hydrogens is 140 g/mol. The van der Waals surface area contributed by atoms with Crippen LogP contribution in [-0.2, 0) is 4.74 Å². The minimum absolute atomic E-state index is 0.134. The Kier molecular flexibility index (Phi) is 2.90. The Labute approximate surface area is 68.6 Å². The first-order valence-corrected chi connectivity index (χ1v) is 4.50. The predicted molar refractivity (Wildman–Crippen MR) is 44.4 cm³/mol. The molecule has 1 N–H and O–H groups in total. The van der Waals surface area contributed by atoms with Crippen molar-refractivity contribution >= 4 is 0 Å². The molecule has 1 aliphatic heterocycles. The summed E-state index contributed by atoms with van der Waals surface area (Å²) in [5.74, 6) is 0.321. The molecule has 0 spiro atoms. The maximum absolute atomic E-state index is 9.54. The molecule has 0 unspecified atom stereocenters. The summed E-state index contributed by atoms with van der Waals surface area (Å²) < 4.78 is 5.33. The fraction of sp³-hybridized carbons (Fsp3) is 1.00. The van der Waals surface area contributed by atoms with Crippen molar-refractivity contribution in [1.29, 1.82) is 0 Å². The number of ether oxygens (including phenoxy) is 1. The van der Waals surface area contributed by atoms with Crippen LogP contribution in [-0.4, -0.2) is 23.4 Å². The van der Waals surface area contributed by atoms with Crippen LogP contribution in [0.25, 0.3) is 0 Å². The number of aliphatic hydroxyl groups excluding tert-OH is 1. The van der Waals surface area contributed by atoms with Crippen molar-refractivity contribution < 1.29 is 9.84 Å². The summed E-state index contributed by atoms with van der Waals surface area (Å²) >= 11 is 0. The largest absolute Gasteiger partial charge is 0.390 e. The van der Waals surface area contributed by atoms with E-state index in [1.54, 1.807) is 0 Å². The molecule has 0 aromatic carbocycles. The second-order valence-corrected chi connectivity index (χ2v) is 3.66. The normalized spacial score (nSPS) is 32.5. The van der Waals surface area contributed by atoms with E-state index in [4.69, 9.17) is 4.74 Å². The van der Waals surface area contributed by atoms with Crippen molar-refractivity contribution in [2.24, 2.45) is 5.92 Å². The highest BCUT2D eigenvalue weighted by Crippen LogP contribution is 2.31. The molecule has 0 aromatic heterocycles. The van der Waals surface area contributed by atoms with Crippen LogP contribution in [0.3, 0.4) is 0 Å². The molecule has 1 rings (SSSR count). The molecule has 0 aliphatic carbocycles. The standard InChI is InChI=1S/C9H18O2/c1-4-5-7-9(11-7)8(10)6(2)3/h6-10H,4-5H2,1-3H3/t7-,8-,9+/m1/s1. The Hall–Kier alpha value is -0.0800. The Morgan fingerprint density at radius 1 is 1.45 bits per heavy atom. The van der Waals surface area contributed by atoms with Gasteiger partial charge in [0, 0.05) is 0 Å². The average Bonchev–Trinajstić information content (AvgIpc) is 2.67. The van der Waals surface area contributed by atoms with Crippen LogP contribution in [0, 0.1) is 5.92 Å². The number of epoxide rings is 1. The second-order valence-electron chi connectivity index (χ2n) is 3.66. The van der Waals surface area contributed by atoms with Gasteiger partial charge in [0.05, 0.1) is 12.2 Å². The Morgan fingerprint density at radius 3 is 2.55 bits per heavy atom. The zero-order valence-corrected chi connectivity index (χ0v) is 7.58. The van der Waals surface area contributed by atoms with Crippen LogP contribution in [0.2, 0.25) is 0 Å². The van der Waals surface area contributed by atoms with Gasteiger partial charge >= 0.3 is 0 Å². The first-order chi connectivity index (χ1) is 5.16. The van der Waals surface area contributed by atoms with Crippen molar-refractivity contribution in [1.82, 2.24) is 0 Å². The maximum Gasteiger partial charge on any atom is 0.110 e. The van der Waals surface area contributed by atoms with Gasteiger partial charge in [0.1, 0.15) is 6.10 Å². The molecule has 2 nitrogen and oxygen atoms in total. The summed E-state index contributed by atoms with van der Waals surface area (Å²) in [5.41, 5.74) is 0. The third-order valence-electron chi connectivity index (χ3n) is 2.21. The molecule has 0 aromatic rings. The summed E-state index contributed by atoms with van der Waals surface area (Å²) in [4.78, 5) is 0. The molecule has 0 saturated carbocycles. The van der Waals surface area contributed by atoms with E-state index in [0.717, 1.165) is 12.8 Å². The monoisotopic (exact) mass is 158 g/mol. The van der Waals surface area contributed by atoms with E-state index >= 15 is 0 Å². The van der Waals surface area contributed by atoms with Gasteiger partial charge in [0.15, 0.2) is 0 Å². The third kappa shape index (κ3) is 2.17. The van der Waals surface area contributed by atoms with Crippen molar-refractivity contribution in [3.05, 3.63) is 0 Å². The molecule has 0 bridgehead atoms. The molecule has 1 saturated heterocycles. The minimum atomic E-state index is -0.258. The van der Waals surface area contributed by atoms with Gasteiger partial charge in [0.2, 0.25) is 0 Å². The van der Waals surface area contributed by atoms with Crippen LogP contribution in [0.15, 0.2) is 0 Å². The van der Waals surface area contributed by atoms with Gasteiger partial charge in [-0.3, -0.25) is 0 Å². The van der Waals surface area contributed by atoms with E-state index in [1.807, 2.05) is 13.8 Å². The lowest BCUT2D eigenvalue weighted by atomic mass is 10.0. The van der Waals surface area contributed by atoms with Crippen LogP contribution in [0.5, 0.6) is 0 Å². The molecule has 11 heavy (non-hydrogen) atoms. The van der Waals surface area contributed by atoms with Crippen LogP contribution >= 0.6 is 0 Å². The molecule has 1 heterocycles. The molecule has 1 fully saturated rings. The highest BCUT2D eigenvalue weighted by atomic mass is 16.6. The summed E-state index contributed by atoms with van der Waals surface area (Å²) in [6, 6.07) is 0. The molecular formula is C9H18O2. The molecule has 66 valence electrons. The van der Waals surface area contributed by atoms with E-state index in [0.29, 0.717) is 12.0 Å². The quantitative estimate of drug-likeness (QED) is 0.630. The van der Waals surface area contributed by atoms with Crippen molar-refractivity contribution in [2.75, 3.05) is 0 Å². The fourth-order valence-electron chi connectivity index (χ4n) is 1.35. The van der Waals surface area contributed by atoms with Crippen LogP contribution in [0.1, 0.15) is 33.6 Å². The molecule has 0 amide bonds. The topological polar surface area (TPSA) is 32.8 Å². The fourth-order valence-corrected chi connectivity index (χ4v) is 1.35. The summed E-state index contributed by atoms with van der Waals surface area (Å²) in [7, 11) is 0. The highest BCUT2D eigenvalue weighted by molar-refractivity contribution is 4.91. The van der Waals surface area contributed by atoms with Gasteiger partial charge in [-0.2, -0.15) is 0 Å². The first kappa shape index (κ1) is 9.01. The average molecular weight is 158 g/mol. The minimum Gasteiger partial charge on any atom is -0.390 e. The Balaban J connectivity index is 2.20. The van der Waals surface area contributed by atoms with Gasteiger partial charge in [-0.1, -0.05) is 27.2 Å². The molecule has 1 aliphatic rings. The number of hydrogen-bond acceptors (Lipinski definition) is 2. The SMILES string of the molecule is CCC[C@H]1O[C@@H]1[C@H](O)C(C)C. The van der Waals surface area contributed by atoms with E-state index in [2.05, 4.69) is 6.92 Å². The Morgan fingerprint density at radius 2 is 2.09 bits per heavy atom. The summed E-state index contributed by atoms with van der Waals surface area (Å²) in [6.07, 6.45) is 2.46.